The number of imidazole rings is 1. The monoisotopic (exact) mass is 485 g/mol. The topological polar surface area (TPSA) is 88.0 Å². The van der Waals surface area contributed by atoms with Crippen LogP contribution in [0.4, 0.5) is 10.5 Å². The Bertz CT molecular complexity index is 1150. The van der Waals surface area contributed by atoms with Crippen molar-refractivity contribution >= 4 is 34.9 Å². The summed E-state index contributed by atoms with van der Waals surface area (Å²) in [6.07, 6.45) is 2.00. The van der Waals surface area contributed by atoms with Crippen LogP contribution in [0.3, 0.4) is 0 Å². The highest BCUT2D eigenvalue weighted by atomic mass is 35.5. The van der Waals surface area contributed by atoms with E-state index in [4.69, 9.17) is 16.3 Å². The first-order valence-corrected chi connectivity index (χ1v) is 11.7. The van der Waals surface area contributed by atoms with Gasteiger partial charge >= 0.3 is 6.09 Å². The van der Waals surface area contributed by atoms with Crippen LogP contribution in [-0.2, 0) is 17.7 Å². The molecule has 0 aliphatic carbocycles. The summed E-state index contributed by atoms with van der Waals surface area (Å²) >= 11 is 6.12. The van der Waals surface area contributed by atoms with Gasteiger partial charge < -0.3 is 20.3 Å². The summed E-state index contributed by atoms with van der Waals surface area (Å²) in [5.74, 6) is -0.195. The molecule has 9 heteroatoms. The quantitative estimate of drug-likeness (QED) is 0.480. The predicted octanol–water partition coefficient (Wildman–Crippen LogP) is 4.76. The third kappa shape index (κ3) is 6.63. The number of ether oxygens (including phenoxy) is 1. The SMILES string of the molecule is CCc1nc2ccc(Cl)cn2c1C(=O)NCc1ccc(NCCN(C)C(=O)OC(C)(C)C)cc1. The highest BCUT2D eigenvalue weighted by Crippen LogP contribution is 2.18. The largest absolute Gasteiger partial charge is 0.444 e. The van der Waals surface area contributed by atoms with Gasteiger partial charge in [-0.3, -0.25) is 9.20 Å². The number of nitrogens with one attached hydrogen (secondary N) is 2. The Morgan fingerprint density at radius 1 is 1.15 bits per heavy atom. The van der Waals surface area contributed by atoms with Crippen molar-refractivity contribution in [2.45, 2.75) is 46.3 Å². The predicted molar refractivity (Wildman–Crippen MR) is 135 cm³/mol. The van der Waals surface area contributed by atoms with Gasteiger partial charge in [-0.15, -0.1) is 0 Å². The lowest BCUT2D eigenvalue weighted by atomic mass is 10.2. The van der Waals surface area contributed by atoms with Gasteiger partial charge in [-0.25, -0.2) is 9.78 Å². The van der Waals surface area contributed by atoms with Crippen LogP contribution in [0.15, 0.2) is 42.6 Å². The molecule has 34 heavy (non-hydrogen) atoms. The molecule has 0 bridgehead atoms. The van der Waals surface area contributed by atoms with E-state index in [1.807, 2.05) is 52.0 Å². The molecular weight excluding hydrogens is 454 g/mol. The molecule has 8 nitrogen and oxygen atoms in total. The van der Waals surface area contributed by atoms with E-state index < -0.39 is 5.60 Å². The minimum Gasteiger partial charge on any atom is -0.444 e. The van der Waals surface area contributed by atoms with Gasteiger partial charge in [0.05, 0.1) is 10.7 Å². The Hall–Kier alpha value is -3.26. The Morgan fingerprint density at radius 3 is 2.50 bits per heavy atom. The van der Waals surface area contributed by atoms with Gasteiger partial charge in [0.25, 0.3) is 5.91 Å². The maximum Gasteiger partial charge on any atom is 0.410 e. The second-order valence-corrected chi connectivity index (χ2v) is 9.48. The summed E-state index contributed by atoms with van der Waals surface area (Å²) in [7, 11) is 1.71. The lowest BCUT2D eigenvalue weighted by Gasteiger charge is -2.24. The molecule has 3 aromatic rings. The summed E-state index contributed by atoms with van der Waals surface area (Å²) in [6, 6.07) is 11.4. The van der Waals surface area contributed by atoms with Gasteiger partial charge in [-0.2, -0.15) is 0 Å². The van der Waals surface area contributed by atoms with Crippen molar-refractivity contribution in [1.82, 2.24) is 19.6 Å². The van der Waals surface area contributed by atoms with Gasteiger partial charge in [-0.1, -0.05) is 30.7 Å². The van der Waals surface area contributed by atoms with E-state index in [2.05, 4.69) is 15.6 Å². The van der Waals surface area contributed by atoms with Crippen molar-refractivity contribution < 1.29 is 14.3 Å². The maximum absolute atomic E-state index is 12.9. The molecule has 0 aliphatic rings. The average molecular weight is 486 g/mol. The van der Waals surface area contributed by atoms with Crippen LogP contribution in [0.25, 0.3) is 5.65 Å². The van der Waals surface area contributed by atoms with Crippen molar-refractivity contribution in [3.63, 3.8) is 0 Å². The molecule has 3 rings (SSSR count). The van der Waals surface area contributed by atoms with Gasteiger partial charge in [0.2, 0.25) is 0 Å². The molecule has 2 amide bonds. The van der Waals surface area contributed by atoms with E-state index in [0.29, 0.717) is 42.4 Å². The third-order valence-electron chi connectivity index (χ3n) is 5.09. The molecule has 1 aromatic carbocycles. The number of likely N-dealkylation sites (N-methyl/N-ethyl adjacent to an activating group) is 1. The number of hydrogen-bond donors (Lipinski definition) is 2. The first kappa shape index (κ1) is 25.4. The van der Waals surface area contributed by atoms with Gasteiger partial charge in [0.15, 0.2) is 0 Å². The van der Waals surface area contributed by atoms with E-state index in [1.165, 1.54) is 0 Å². The van der Waals surface area contributed by atoms with Gasteiger partial charge in [0, 0.05) is 38.6 Å². The number of carbonyl (C=O) groups excluding carboxylic acids is 2. The second-order valence-electron chi connectivity index (χ2n) is 9.04. The van der Waals surface area contributed by atoms with E-state index in [1.54, 1.807) is 34.7 Å². The molecule has 2 N–H and O–H groups in total. The normalized spacial score (nSPS) is 11.4. The first-order chi connectivity index (χ1) is 16.1. The molecule has 0 fully saturated rings. The average Bonchev–Trinajstić information content (AvgIpc) is 3.15. The van der Waals surface area contributed by atoms with E-state index in [0.717, 1.165) is 16.9 Å². The minimum atomic E-state index is -0.514. The van der Waals surface area contributed by atoms with Crippen molar-refractivity contribution in [2.75, 3.05) is 25.5 Å². The van der Waals surface area contributed by atoms with Crippen LogP contribution < -0.4 is 10.6 Å². The number of benzene rings is 1. The van der Waals surface area contributed by atoms with Crippen LogP contribution in [0, 0.1) is 0 Å². The Labute approximate surface area is 205 Å². The number of rotatable bonds is 8. The van der Waals surface area contributed by atoms with Crippen LogP contribution in [0.5, 0.6) is 0 Å². The highest BCUT2D eigenvalue weighted by Gasteiger charge is 2.20. The zero-order valence-electron chi connectivity index (χ0n) is 20.3. The van der Waals surface area contributed by atoms with Gasteiger partial charge in [0.1, 0.15) is 16.9 Å². The smallest absolute Gasteiger partial charge is 0.410 e. The lowest BCUT2D eigenvalue weighted by Crippen LogP contribution is -2.36. The molecule has 0 atom stereocenters. The molecule has 0 saturated carbocycles. The Balaban J connectivity index is 1.53. The minimum absolute atomic E-state index is 0.195. The molecule has 0 radical (unpaired) electrons. The zero-order chi connectivity index (χ0) is 24.9. The number of pyridine rings is 1. The standard InChI is InChI=1S/C25H32ClN5O3/c1-6-20-22(31-16-18(26)9-12-21(31)29-20)23(32)28-15-17-7-10-19(11-8-17)27-13-14-30(5)24(33)34-25(2,3)4/h7-12,16,27H,6,13-15H2,1-5H3,(H,28,32). The fourth-order valence-electron chi connectivity index (χ4n) is 3.36. The number of halogens is 1. The summed E-state index contributed by atoms with van der Waals surface area (Å²) in [5, 5.41) is 6.81. The van der Waals surface area contributed by atoms with Crippen LogP contribution in [0.2, 0.25) is 5.02 Å². The van der Waals surface area contributed by atoms with E-state index >= 15 is 0 Å². The molecule has 0 saturated heterocycles. The third-order valence-corrected chi connectivity index (χ3v) is 5.32. The highest BCUT2D eigenvalue weighted by molar-refractivity contribution is 6.30. The molecule has 0 unspecified atom stereocenters. The van der Waals surface area contributed by atoms with E-state index in [9.17, 15) is 9.59 Å². The number of fused-ring (bicyclic) bond motifs is 1. The summed E-state index contributed by atoms with van der Waals surface area (Å²) in [4.78, 5) is 31.0. The molecule has 0 spiro atoms. The van der Waals surface area contributed by atoms with Crippen molar-refractivity contribution in [3.05, 3.63) is 64.6 Å². The number of aryl methyl sites for hydroxylation is 1. The number of hydrogen-bond acceptors (Lipinski definition) is 5. The van der Waals surface area contributed by atoms with Crippen LogP contribution >= 0.6 is 11.6 Å². The van der Waals surface area contributed by atoms with Crippen molar-refractivity contribution in [1.29, 1.82) is 0 Å². The van der Waals surface area contributed by atoms with Crippen molar-refractivity contribution in [3.8, 4) is 0 Å². The number of anilines is 1. The number of aromatic nitrogens is 2. The van der Waals surface area contributed by atoms with Crippen LogP contribution in [0.1, 0.15) is 49.4 Å². The summed E-state index contributed by atoms with van der Waals surface area (Å²) < 4.78 is 7.08. The van der Waals surface area contributed by atoms with E-state index in [-0.39, 0.29) is 12.0 Å². The fraction of sp³-hybridized carbons (Fsp3) is 0.400. The summed E-state index contributed by atoms with van der Waals surface area (Å²) in [6.45, 7) is 8.98. The molecule has 0 aliphatic heterocycles. The van der Waals surface area contributed by atoms with Gasteiger partial charge in [-0.05, 0) is 57.0 Å². The lowest BCUT2D eigenvalue weighted by molar-refractivity contribution is 0.0305. The maximum atomic E-state index is 12.9. The Kier molecular flexibility index (Phi) is 8.04. The fourth-order valence-corrected chi connectivity index (χ4v) is 3.52. The number of carbonyl (C=O) groups is 2. The second kappa shape index (κ2) is 10.8. The van der Waals surface area contributed by atoms with Crippen LogP contribution in [-0.4, -0.2) is 52.0 Å². The molecule has 182 valence electrons. The van der Waals surface area contributed by atoms with Crippen molar-refractivity contribution in [2.24, 2.45) is 0 Å². The number of nitrogens with zero attached hydrogens (tertiary/aromatic N) is 3. The summed E-state index contributed by atoms with van der Waals surface area (Å²) in [5.41, 5.74) is 3.31. The number of amides is 2. The molecular formula is C25H32ClN5O3. The Morgan fingerprint density at radius 2 is 1.85 bits per heavy atom. The zero-order valence-corrected chi connectivity index (χ0v) is 21.1. The molecule has 2 aromatic heterocycles. The first-order valence-electron chi connectivity index (χ1n) is 11.3. The molecule has 2 heterocycles.